The quantitative estimate of drug-likeness (QED) is 0.533. The summed E-state index contributed by atoms with van der Waals surface area (Å²) in [6.45, 7) is 1.98. The standard InChI is InChI=1S/C21H17NOS2/c1-15(24-16-9-3-2-4-10-16)21(23)22-17-11-5-7-13-19(17)25-20-14-8-6-12-18(20)22/h2-15H,1H3. The molecule has 0 saturated heterocycles. The van der Waals surface area contributed by atoms with Gasteiger partial charge in [0.2, 0.25) is 5.91 Å². The first-order valence-electron chi connectivity index (χ1n) is 8.15. The first kappa shape index (κ1) is 16.3. The highest BCUT2D eigenvalue weighted by Gasteiger charge is 2.30. The topological polar surface area (TPSA) is 20.3 Å². The SMILES string of the molecule is CC(Sc1ccccc1)C(=O)N1c2ccccc2Sc2ccccc21. The Morgan fingerprint density at radius 3 is 1.96 bits per heavy atom. The van der Waals surface area contributed by atoms with Crippen molar-refractivity contribution in [2.75, 3.05) is 4.90 Å². The van der Waals surface area contributed by atoms with Gasteiger partial charge in [0.15, 0.2) is 0 Å². The van der Waals surface area contributed by atoms with Gasteiger partial charge in [-0.2, -0.15) is 0 Å². The largest absolute Gasteiger partial charge is 0.278 e. The summed E-state index contributed by atoms with van der Waals surface area (Å²) < 4.78 is 0. The van der Waals surface area contributed by atoms with E-state index in [4.69, 9.17) is 0 Å². The smallest absolute Gasteiger partial charge is 0.244 e. The number of hydrogen-bond donors (Lipinski definition) is 0. The number of thioether (sulfide) groups is 1. The summed E-state index contributed by atoms with van der Waals surface area (Å²) >= 11 is 3.32. The molecule has 0 fully saturated rings. The van der Waals surface area contributed by atoms with Gasteiger partial charge in [-0.3, -0.25) is 9.69 Å². The van der Waals surface area contributed by atoms with Crippen molar-refractivity contribution in [1.29, 1.82) is 0 Å². The summed E-state index contributed by atoms with van der Waals surface area (Å²) in [6, 6.07) is 26.3. The van der Waals surface area contributed by atoms with Crippen LogP contribution in [-0.4, -0.2) is 11.2 Å². The van der Waals surface area contributed by atoms with Crippen LogP contribution in [0.5, 0.6) is 0 Å². The van der Waals surface area contributed by atoms with E-state index in [1.807, 2.05) is 78.6 Å². The number of nitrogens with zero attached hydrogens (tertiary/aromatic N) is 1. The summed E-state index contributed by atoms with van der Waals surface area (Å²) in [6.07, 6.45) is 0. The van der Waals surface area contributed by atoms with Gasteiger partial charge in [0.1, 0.15) is 0 Å². The second-order valence-electron chi connectivity index (χ2n) is 5.78. The molecule has 4 heteroatoms. The Balaban J connectivity index is 1.70. The highest BCUT2D eigenvalue weighted by molar-refractivity contribution is 8.00. The molecule has 2 nitrogen and oxygen atoms in total. The first-order valence-corrected chi connectivity index (χ1v) is 9.85. The number of amides is 1. The maximum absolute atomic E-state index is 13.3. The molecular formula is C21H17NOS2. The van der Waals surface area contributed by atoms with Crippen molar-refractivity contribution in [3.05, 3.63) is 78.9 Å². The van der Waals surface area contributed by atoms with Crippen LogP contribution in [-0.2, 0) is 4.79 Å². The lowest BCUT2D eigenvalue weighted by Crippen LogP contribution is -2.34. The van der Waals surface area contributed by atoms with Crippen LogP contribution in [0.3, 0.4) is 0 Å². The van der Waals surface area contributed by atoms with Gasteiger partial charge in [-0.15, -0.1) is 11.8 Å². The average Bonchev–Trinajstić information content (AvgIpc) is 2.66. The molecule has 3 aromatic rings. The Hall–Kier alpha value is -2.17. The third-order valence-corrected chi connectivity index (χ3v) is 6.29. The summed E-state index contributed by atoms with van der Waals surface area (Å²) in [4.78, 5) is 18.5. The van der Waals surface area contributed by atoms with Crippen molar-refractivity contribution in [3.8, 4) is 0 Å². The zero-order valence-electron chi connectivity index (χ0n) is 13.8. The molecule has 1 heterocycles. The van der Waals surface area contributed by atoms with E-state index in [-0.39, 0.29) is 11.2 Å². The van der Waals surface area contributed by atoms with Gasteiger partial charge in [-0.05, 0) is 43.3 Å². The van der Waals surface area contributed by atoms with Crippen molar-refractivity contribution in [3.63, 3.8) is 0 Å². The maximum atomic E-state index is 13.3. The molecule has 0 spiro atoms. The number of anilines is 2. The molecule has 4 rings (SSSR count). The highest BCUT2D eigenvalue weighted by Crippen LogP contribution is 2.48. The number of fused-ring (bicyclic) bond motifs is 2. The monoisotopic (exact) mass is 363 g/mol. The highest BCUT2D eigenvalue weighted by atomic mass is 32.2. The number of carbonyl (C=O) groups is 1. The zero-order chi connectivity index (χ0) is 17.2. The molecule has 1 aliphatic heterocycles. The van der Waals surface area contributed by atoms with E-state index in [2.05, 4.69) is 12.1 Å². The summed E-state index contributed by atoms with van der Waals surface area (Å²) in [5, 5.41) is -0.174. The van der Waals surface area contributed by atoms with Crippen LogP contribution in [0.25, 0.3) is 0 Å². The fraction of sp³-hybridized carbons (Fsp3) is 0.0952. The molecule has 0 bridgehead atoms. The fourth-order valence-corrected chi connectivity index (χ4v) is 4.86. The van der Waals surface area contributed by atoms with Crippen molar-refractivity contribution < 1.29 is 4.79 Å². The van der Waals surface area contributed by atoms with Crippen LogP contribution < -0.4 is 4.90 Å². The molecular weight excluding hydrogens is 346 g/mol. The third-order valence-electron chi connectivity index (χ3n) is 4.06. The lowest BCUT2D eigenvalue weighted by molar-refractivity contribution is -0.117. The summed E-state index contributed by atoms with van der Waals surface area (Å²) in [7, 11) is 0. The number of carbonyl (C=O) groups excluding carboxylic acids is 1. The molecule has 124 valence electrons. The summed E-state index contributed by atoms with van der Waals surface area (Å²) in [5.41, 5.74) is 1.94. The van der Waals surface area contributed by atoms with E-state index < -0.39 is 0 Å². The van der Waals surface area contributed by atoms with E-state index in [9.17, 15) is 4.79 Å². The number of rotatable bonds is 3. The minimum absolute atomic E-state index is 0.106. The van der Waals surface area contributed by atoms with Crippen molar-refractivity contribution in [2.45, 2.75) is 26.9 Å². The molecule has 1 aliphatic rings. The fourth-order valence-electron chi connectivity index (χ4n) is 2.88. The molecule has 1 unspecified atom stereocenters. The van der Waals surface area contributed by atoms with E-state index in [1.54, 1.807) is 23.5 Å². The number of benzene rings is 3. The van der Waals surface area contributed by atoms with Gasteiger partial charge >= 0.3 is 0 Å². The molecule has 3 aromatic carbocycles. The first-order chi connectivity index (χ1) is 12.2. The van der Waals surface area contributed by atoms with E-state index in [0.717, 1.165) is 26.1 Å². The predicted molar refractivity (Wildman–Crippen MR) is 106 cm³/mol. The van der Waals surface area contributed by atoms with Crippen LogP contribution >= 0.6 is 23.5 Å². The molecule has 0 N–H and O–H groups in total. The van der Waals surface area contributed by atoms with Crippen molar-refractivity contribution in [1.82, 2.24) is 0 Å². The van der Waals surface area contributed by atoms with Gasteiger partial charge in [0, 0.05) is 14.7 Å². The average molecular weight is 364 g/mol. The van der Waals surface area contributed by atoms with Crippen LogP contribution in [0.4, 0.5) is 11.4 Å². The molecule has 1 atom stereocenters. The lowest BCUT2D eigenvalue weighted by Gasteiger charge is -2.32. The van der Waals surface area contributed by atoms with Gasteiger partial charge in [0.25, 0.3) is 0 Å². The normalized spacial score (nSPS) is 13.7. The minimum Gasteiger partial charge on any atom is -0.278 e. The van der Waals surface area contributed by atoms with E-state index >= 15 is 0 Å². The molecule has 25 heavy (non-hydrogen) atoms. The molecule has 0 radical (unpaired) electrons. The van der Waals surface area contributed by atoms with Crippen LogP contribution in [0.1, 0.15) is 6.92 Å². The zero-order valence-corrected chi connectivity index (χ0v) is 15.4. The number of para-hydroxylation sites is 2. The van der Waals surface area contributed by atoms with Crippen molar-refractivity contribution >= 4 is 40.8 Å². The summed E-state index contributed by atoms with van der Waals surface area (Å²) in [5.74, 6) is 0.106. The maximum Gasteiger partial charge on any atom is 0.244 e. The Kier molecular flexibility index (Phi) is 4.55. The second-order valence-corrected chi connectivity index (χ2v) is 8.28. The van der Waals surface area contributed by atoms with Crippen LogP contribution in [0, 0.1) is 0 Å². The lowest BCUT2D eigenvalue weighted by atomic mass is 10.2. The van der Waals surface area contributed by atoms with Crippen molar-refractivity contribution in [2.24, 2.45) is 0 Å². The Morgan fingerprint density at radius 2 is 1.36 bits per heavy atom. The molecule has 0 saturated carbocycles. The minimum atomic E-state index is -0.174. The molecule has 0 aliphatic carbocycles. The number of hydrogen-bond acceptors (Lipinski definition) is 3. The Labute approximate surface area is 156 Å². The predicted octanol–water partition coefficient (Wildman–Crippen LogP) is 6.00. The van der Waals surface area contributed by atoms with Crippen LogP contribution in [0.15, 0.2) is 93.5 Å². The Morgan fingerprint density at radius 1 is 0.840 bits per heavy atom. The van der Waals surface area contributed by atoms with E-state index in [1.165, 1.54) is 0 Å². The molecule has 0 aromatic heterocycles. The van der Waals surface area contributed by atoms with Gasteiger partial charge in [-0.1, -0.05) is 54.2 Å². The van der Waals surface area contributed by atoms with Gasteiger partial charge in [-0.25, -0.2) is 0 Å². The van der Waals surface area contributed by atoms with Gasteiger partial charge < -0.3 is 0 Å². The third kappa shape index (κ3) is 3.20. The second kappa shape index (κ2) is 6.98. The van der Waals surface area contributed by atoms with Crippen LogP contribution in [0.2, 0.25) is 0 Å². The van der Waals surface area contributed by atoms with Gasteiger partial charge in [0.05, 0.1) is 16.6 Å². The molecule has 1 amide bonds. The Bertz CT molecular complexity index is 865. The van der Waals surface area contributed by atoms with E-state index in [0.29, 0.717) is 0 Å².